The zero-order valence-corrected chi connectivity index (χ0v) is 9.03. The molecule has 0 radical (unpaired) electrons. The van der Waals surface area contributed by atoms with Gasteiger partial charge in [-0.15, -0.1) is 0 Å². The molecule has 4 heteroatoms. The lowest BCUT2D eigenvalue weighted by molar-refractivity contribution is 0.117. The fourth-order valence-electron chi connectivity index (χ4n) is 1.92. The van der Waals surface area contributed by atoms with Crippen LogP contribution in [0, 0.1) is 0 Å². The van der Waals surface area contributed by atoms with Crippen molar-refractivity contribution in [3.63, 3.8) is 0 Å². The summed E-state index contributed by atoms with van der Waals surface area (Å²) in [7, 11) is 1.93. The fourth-order valence-corrected chi connectivity index (χ4v) is 1.92. The van der Waals surface area contributed by atoms with E-state index in [1.807, 2.05) is 29.9 Å². The number of hydrogen-bond donors (Lipinski definition) is 1. The number of benzene rings is 1. The van der Waals surface area contributed by atoms with Crippen LogP contribution in [0.1, 0.15) is 11.5 Å². The van der Waals surface area contributed by atoms with E-state index < -0.39 is 12.3 Å². The van der Waals surface area contributed by atoms with Gasteiger partial charge in [0, 0.05) is 25.3 Å². The van der Waals surface area contributed by atoms with E-state index in [-0.39, 0.29) is 6.54 Å². The third kappa shape index (κ3) is 1.80. The van der Waals surface area contributed by atoms with Crippen LogP contribution in [0.2, 0.25) is 0 Å². The van der Waals surface area contributed by atoms with Crippen molar-refractivity contribution in [2.75, 3.05) is 6.54 Å². The Labute approximate surface area is 92.7 Å². The van der Waals surface area contributed by atoms with Crippen molar-refractivity contribution >= 4 is 10.9 Å². The lowest BCUT2D eigenvalue weighted by Crippen LogP contribution is -2.19. The van der Waals surface area contributed by atoms with Gasteiger partial charge >= 0.3 is 0 Å². The largest absolute Gasteiger partial charge is 0.351 e. The molecule has 1 unspecified atom stereocenters. The summed E-state index contributed by atoms with van der Waals surface area (Å²) in [6.45, 7) is -0.0317. The number of alkyl halides is 2. The van der Waals surface area contributed by atoms with Crippen LogP contribution in [0.4, 0.5) is 8.78 Å². The summed E-state index contributed by atoms with van der Waals surface area (Å²) in [6.07, 6.45) is -0.500. The molecule has 2 nitrogen and oxygen atoms in total. The SMILES string of the molecule is Cn1ccc2cc(C(CN)C(F)F)ccc21. The lowest BCUT2D eigenvalue weighted by atomic mass is 9.98. The fraction of sp³-hybridized carbons (Fsp3) is 0.333. The van der Waals surface area contributed by atoms with Crippen LogP contribution in [0.25, 0.3) is 10.9 Å². The number of aromatic nitrogens is 1. The van der Waals surface area contributed by atoms with E-state index in [1.54, 1.807) is 12.1 Å². The molecule has 0 saturated carbocycles. The average molecular weight is 224 g/mol. The van der Waals surface area contributed by atoms with Gasteiger partial charge in [-0.3, -0.25) is 0 Å². The highest BCUT2D eigenvalue weighted by atomic mass is 19.3. The van der Waals surface area contributed by atoms with Crippen LogP contribution in [-0.4, -0.2) is 17.5 Å². The smallest absolute Gasteiger partial charge is 0.246 e. The number of aryl methyl sites for hydroxylation is 1. The second-order valence-electron chi connectivity index (χ2n) is 3.92. The predicted molar refractivity (Wildman–Crippen MR) is 60.7 cm³/mol. The van der Waals surface area contributed by atoms with Crippen LogP contribution >= 0.6 is 0 Å². The first-order chi connectivity index (χ1) is 7.63. The molecule has 0 fully saturated rings. The third-order valence-corrected chi connectivity index (χ3v) is 2.90. The maximum absolute atomic E-state index is 12.7. The molecule has 1 aromatic carbocycles. The van der Waals surface area contributed by atoms with Crippen molar-refractivity contribution in [3.8, 4) is 0 Å². The molecular formula is C12H14F2N2. The number of nitrogens with two attached hydrogens (primary N) is 1. The van der Waals surface area contributed by atoms with Crippen LogP contribution < -0.4 is 5.73 Å². The Kier molecular flexibility index (Phi) is 2.92. The van der Waals surface area contributed by atoms with Crippen LogP contribution in [0.3, 0.4) is 0 Å². The molecule has 2 aromatic rings. The molecule has 2 rings (SSSR count). The van der Waals surface area contributed by atoms with Gasteiger partial charge in [0.25, 0.3) is 0 Å². The second kappa shape index (κ2) is 4.22. The molecule has 0 aliphatic rings. The monoisotopic (exact) mass is 224 g/mol. The van der Waals surface area contributed by atoms with Crippen LogP contribution in [0.15, 0.2) is 30.5 Å². The molecule has 16 heavy (non-hydrogen) atoms. The number of fused-ring (bicyclic) bond motifs is 1. The van der Waals surface area contributed by atoms with Gasteiger partial charge in [0.15, 0.2) is 0 Å². The highest BCUT2D eigenvalue weighted by Gasteiger charge is 2.20. The summed E-state index contributed by atoms with van der Waals surface area (Å²) in [5.41, 5.74) is 7.01. The molecular weight excluding hydrogens is 210 g/mol. The van der Waals surface area contributed by atoms with Gasteiger partial charge in [-0.25, -0.2) is 8.78 Å². The first-order valence-electron chi connectivity index (χ1n) is 5.16. The van der Waals surface area contributed by atoms with Crippen molar-refractivity contribution in [1.82, 2.24) is 4.57 Å². The molecule has 0 bridgehead atoms. The quantitative estimate of drug-likeness (QED) is 0.853. The Morgan fingerprint density at radius 1 is 1.31 bits per heavy atom. The van der Waals surface area contributed by atoms with Crippen LogP contribution in [0.5, 0.6) is 0 Å². The zero-order valence-electron chi connectivity index (χ0n) is 9.03. The predicted octanol–water partition coefficient (Wildman–Crippen LogP) is 2.49. The second-order valence-corrected chi connectivity index (χ2v) is 3.92. The maximum atomic E-state index is 12.7. The Morgan fingerprint density at radius 3 is 2.69 bits per heavy atom. The van der Waals surface area contributed by atoms with Crippen molar-refractivity contribution < 1.29 is 8.78 Å². The number of halogens is 2. The molecule has 0 aliphatic heterocycles. The standard InChI is InChI=1S/C12H14F2N2/c1-16-5-4-9-6-8(2-3-11(9)16)10(7-15)12(13)14/h2-6,10,12H,7,15H2,1H3. The highest BCUT2D eigenvalue weighted by molar-refractivity contribution is 5.80. The molecule has 0 spiro atoms. The summed E-state index contributed by atoms with van der Waals surface area (Å²) in [4.78, 5) is 0. The minimum atomic E-state index is -2.41. The van der Waals surface area contributed by atoms with Gasteiger partial charge in [-0.05, 0) is 29.1 Å². The number of rotatable bonds is 3. The first kappa shape index (κ1) is 11.1. The van der Waals surface area contributed by atoms with E-state index in [2.05, 4.69) is 0 Å². The molecule has 2 N–H and O–H groups in total. The van der Waals surface area contributed by atoms with Gasteiger partial charge < -0.3 is 10.3 Å². The summed E-state index contributed by atoms with van der Waals surface area (Å²) in [5, 5.41) is 0.971. The van der Waals surface area contributed by atoms with Gasteiger partial charge in [-0.1, -0.05) is 6.07 Å². The van der Waals surface area contributed by atoms with Crippen LogP contribution in [-0.2, 0) is 7.05 Å². The topological polar surface area (TPSA) is 30.9 Å². The van der Waals surface area contributed by atoms with Crippen molar-refractivity contribution in [2.24, 2.45) is 12.8 Å². The number of nitrogens with zero attached hydrogens (tertiary/aromatic N) is 1. The Bertz CT molecular complexity index is 491. The minimum absolute atomic E-state index is 0.0317. The third-order valence-electron chi connectivity index (χ3n) is 2.90. The van der Waals surface area contributed by atoms with Crippen molar-refractivity contribution in [1.29, 1.82) is 0 Å². The lowest BCUT2D eigenvalue weighted by Gasteiger charge is -2.14. The Morgan fingerprint density at radius 2 is 2.06 bits per heavy atom. The van der Waals surface area contributed by atoms with E-state index in [4.69, 9.17) is 5.73 Å². The Hall–Kier alpha value is -1.42. The average Bonchev–Trinajstić information content (AvgIpc) is 2.61. The molecule has 1 heterocycles. The molecule has 1 aromatic heterocycles. The van der Waals surface area contributed by atoms with Gasteiger partial charge in [0.1, 0.15) is 0 Å². The summed E-state index contributed by atoms with van der Waals surface area (Å²) >= 11 is 0. The Balaban J connectivity index is 2.46. The maximum Gasteiger partial charge on any atom is 0.246 e. The van der Waals surface area contributed by atoms with E-state index in [9.17, 15) is 8.78 Å². The van der Waals surface area contributed by atoms with E-state index in [0.29, 0.717) is 5.56 Å². The molecule has 86 valence electrons. The summed E-state index contributed by atoms with van der Waals surface area (Å²) < 4.78 is 27.4. The van der Waals surface area contributed by atoms with E-state index in [0.717, 1.165) is 10.9 Å². The highest BCUT2D eigenvalue weighted by Crippen LogP contribution is 2.26. The summed E-state index contributed by atoms with van der Waals surface area (Å²) in [6, 6.07) is 7.29. The van der Waals surface area contributed by atoms with Gasteiger partial charge in [-0.2, -0.15) is 0 Å². The van der Waals surface area contributed by atoms with E-state index >= 15 is 0 Å². The molecule has 0 aliphatic carbocycles. The molecule has 0 saturated heterocycles. The molecule has 1 atom stereocenters. The van der Waals surface area contributed by atoms with Crippen molar-refractivity contribution in [3.05, 3.63) is 36.0 Å². The minimum Gasteiger partial charge on any atom is -0.351 e. The zero-order chi connectivity index (χ0) is 11.7. The molecule has 0 amide bonds. The van der Waals surface area contributed by atoms with E-state index in [1.165, 1.54) is 0 Å². The van der Waals surface area contributed by atoms with Crippen molar-refractivity contribution in [2.45, 2.75) is 12.3 Å². The summed E-state index contributed by atoms with van der Waals surface area (Å²) in [5.74, 6) is -0.871. The number of hydrogen-bond acceptors (Lipinski definition) is 1. The van der Waals surface area contributed by atoms with Gasteiger partial charge in [0.2, 0.25) is 6.43 Å². The first-order valence-corrected chi connectivity index (χ1v) is 5.16. The van der Waals surface area contributed by atoms with Gasteiger partial charge in [0.05, 0.1) is 5.92 Å². The normalized spacial score (nSPS) is 13.6.